The Labute approximate surface area is 76.0 Å². The van der Waals surface area contributed by atoms with Crippen molar-refractivity contribution in [2.45, 2.75) is 9.79 Å². The number of thiol groups is 1. The Hall–Kier alpha value is -0.720. The summed E-state index contributed by atoms with van der Waals surface area (Å²) < 4.78 is 21.7. The molecule has 0 aliphatic carbocycles. The summed E-state index contributed by atoms with van der Waals surface area (Å²) in [5.74, 6) is 0. The molecule has 0 aliphatic rings. The van der Waals surface area contributed by atoms with E-state index >= 15 is 0 Å². The first-order chi connectivity index (χ1) is 5.41. The van der Waals surface area contributed by atoms with Crippen molar-refractivity contribution in [3.05, 3.63) is 18.2 Å². The summed E-state index contributed by atoms with van der Waals surface area (Å²) >= 11 is 3.92. The number of nitrogens with two attached hydrogens (primary N) is 2. The van der Waals surface area contributed by atoms with Gasteiger partial charge in [0, 0.05) is 10.6 Å². The van der Waals surface area contributed by atoms with Crippen LogP contribution >= 0.6 is 12.6 Å². The zero-order valence-electron chi connectivity index (χ0n) is 6.06. The van der Waals surface area contributed by atoms with E-state index in [1.54, 1.807) is 0 Å². The number of hydrogen-bond donors (Lipinski definition) is 3. The zero-order chi connectivity index (χ0) is 9.35. The highest BCUT2D eigenvalue weighted by molar-refractivity contribution is 7.90. The standard InChI is InChI=1S/C6H8N2O2S2/c7-4-1-2-6(5(11)3-4)12(8,9)10/h1-3,11H,7H2,(H2,8,9,10). The second-order valence-electron chi connectivity index (χ2n) is 2.27. The maximum absolute atomic E-state index is 10.9. The summed E-state index contributed by atoms with van der Waals surface area (Å²) in [6, 6.07) is 4.22. The molecule has 0 saturated carbocycles. The zero-order valence-corrected chi connectivity index (χ0v) is 7.77. The minimum absolute atomic E-state index is 0.0139. The van der Waals surface area contributed by atoms with Crippen LogP contribution in [0.3, 0.4) is 0 Å². The van der Waals surface area contributed by atoms with E-state index in [4.69, 9.17) is 10.9 Å². The van der Waals surface area contributed by atoms with E-state index in [9.17, 15) is 8.42 Å². The molecular weight excluding hydrogens is 196 g/mol. The third kappa shape index (κ3) is 1.90. The van der Waals surface area contributed by atoms with Gasteiger partial charge in [-0.1, -0.05) is 0 Å². The van der Waals surface area contributed by atoms with Gasteiger partial charge in [-0.15, -0.1) is 12.6 Å². The highest BCUT2D eigenvalue weighted by atomic mass is 32.2. The fourth-order valence-corrected chi connectivity index (χ4v) is 1.99. The summed E-state index contributed by atoms with van der Waals surface area (Å²) in [6.07, 6.45) is 0. The normalized spacial score (nSPS) is 11.5. The van der Waals surface area contributed by atoms with Crippen LogP contribution < -0.4 is 10.9 Å². The molecule has 66 valence electrons. The molecule has 0 unspecified atom stereocenters. The maximum atomic E-state index is 10.9. The van der Waals surface area contributed by atoms with Crippen LogP contribution in [0.15, 0.2) is 28.0 Å². The lowest BCUT2D eigenvalue weighted by Crippen LogP contribution is -2.12. The van der Waals surface area contributed by atoms with Crippen LogP contribution in [0.1, 0.15) is 0 Å². The molecule has 1 aromatic rings. The van der Waals surface area contributed by atoms with Crippen molar-refractivity contribution in [1.82, 2.24) is 0 Å². The monoisotopic (exact) mass is 204 g/mol. The molecule has 6 heteroatoms. The van der Waals surface area contributed by atoms with Crippen molar-refractivity contribution < 1.29 is 8.42 Å². The summed E-state index contributed by atoms with van der Waals surface area (Å²) in [5, 5.41) is 4.89. The summed E-state index contributed by atoms with van der Waals surface area (Å²) in [4.78, 5) is 0.248. The van der Waals surface area contributed by atoms with E-state index in [-0.39, 0.29) is 9.79 Å². The van der Waals surface area contributed by atoms with Crippen LogP contribution in [0.25, 0.3) is 0 Å². The van der Waals surface area contributed by atoms with Crippen LogP contribution in [-0.4, -0.2) is 8.42 Å². The smallest absolute Gasteiger partial charge is 0.239 e. The van der Waals surface area contributed by atoms with Gasteiger partial charge < -0.3 is 5.73 Å². The molecule has 0 saturated heterocycles. The van der Waals surface area contributed by atoms with Gasteiger partial charge in [-0.25, -0.2) is 13.6 Å². The molecule has 0 fully saturated rings. The van der Waals surface area contributed by atoms with Crippen LogP contribution in [0.5, 0.6) is 0 Å². The third-order valence-corrected chi connectivity index (χ3v) is 2.78. The number of nitrogen functional groups attached to an aromatic ring is 1. The van der Waals surface area contributed by atoms with Crippen molar-refractivity contribution in [1.29, 1.82) is 0 Å². The third-order valence-electron chi connectivity index (χ3n) is 1.29. The molecule has 4 N–H and O–H groups in total. The number of rotatable bonds is 1. The van der Waals surface area contributed by atoms with Gasteiger partial charge in [-0.05, 0) is 18.2 Å². The molecule has 4 nitrogen and oxygen atoms in total. The van der Waals surface area contributed by atoms with Crippen LogP contribution in [0.2, 0.25) is 0 Å². The molecule has 0 atom stereocenters. The molecule has 0 amide bonds. The Balaban J connectivity index is 3.39. The van der Waals surface area contributed by atoms with Crippen LogP contribution in [0.4, 0.5) is 5.69 Å². The van der Waals surface area contributed by atoms with Gasteiger partial charge in [0.05, 0.1) is 4.90 Å². The topological polar surface area (TPSA) is 86.2 Å². The van der Waals surface area contributed by atoms with Gasteiger partial charge in [0.25, 0.3) is 0 Å². The molecule has 0 aliphatic heterocycles. The number of benzene rings is 1. The number of primary sulfonamides is 1. The van der Waals surface area contributed by atoms with Crippen molar-refractivity contribution in [3.8, 4) is 0 Å². The van der Waals surface area contributed by atoms with E-state index in [1.165, 1.54) is 18.2 Å². The van der Waals surface area contributed by atoms with E-state index in [0.29, 0.717) is 5.69 Å². The molecular formula is C6H8N2O2S2. The molecule has 1 rings (SSSR count). The minimum Gasteiger partial charge on any atom is -0.399 e. The number of hydrogen-bond acceptors (Lipinski definition) is 4. The predicted octanol–water partition coefficient (Wildman–Crippen LogP) is 0.205. The van der Waals surface area contributed by atoms with Gasteiger partial charge in [0.2, 0.25) is 10.0 Å². The van der Waals surface area contributed by atoms with Gasteiger partial charge in [-0.2, -0.15) is 0 Å². The Bertz CT molecular complexity index is 400. The summed E-state index contributed by atoms with van der Waals surface area (Å²) in [5.41, 5.74) is 5.84. The van der Waals surface area contributed by atoms with E-state index in [0.717, 1.165) is 0 Å². The first-order valence-corrected chi connectivity index (χ1v) is 5.02. The van der Waals surface area contributed by atoms with Gasteiger partial charge in [0.1, 0.15) is 0 Å². The highest BCUT2D eigenvalue weighted by Crippen LogP contribution is 2.20. The number of anilines is 1. The first-order valence-electron chi connectivity index (χ1n) is 3.02. The lowest BCUT2D eigenvalue weighted by Gasteiger charge is -2.02. The van der Waals surface area contributed by atoms with E-state index in [1.807, 2.05) is 0 Å². The van der Waals surface area contributed by atoms with Gasteiger partial charge in [0.15, 0.2) is 0 Å². The average Bonchev–Trinajstić information content (AvgIpc) is 1.83. The van der Waals surface area contributed by atoms with Crippen molar-refractivity contribution in [2.24, 2.45) is 5.14 Å². The fraction of sp³-hybridized carbons (Fsp3) is 0. The highest BCUT2D eigenvalue weighted by Gasteiger charge is 2.10. The molecule has 0 aromatic heterocycles. The molecule has 0 bridgehead atoms. The Morgan fingerprint density at radius 3 is 2.33 bits per heavy atom. The lowest BCUT2D eigenvalue weighted by atomic mass is 10.3. The van der Waals surface area contributed by atoms with Gasteiger partial charge >= 0.3 is 0 Å². The lowest BCUT2D eigenvalue weighted by molar-refractivity contribution is 0.596. The van der Waals surface area contributed by atoms with Gasteiger partial charge in [-0.3, -0.25) is 0 Å². The first kappa shape index (κ1) is 9.37. The maximum Gasteiger partial charge on any atom is 0.239 e. The molecule has 0 heterocycles. The number of sulfonamides is 1. The SMILES string of the molecule is Nc1ccc(S(N)(=O)=O)c(S)c1. The second-order valence-corrected chi connectivity index (χ2v) is 4.28. The Morgan fingerprint density at radius 2 is 1.92 bits per heavy atom. The van der Waals surface area contributed by atoms with Crippen LogP contribution in [-0.2, 0) is 10.0 Å². The molecule has 0 radical (unpaired) electrons. The van der Waals surface area contributed by atoms with Crippen molar-refractivity contribution in [3.63, 3.8) is 0 Å². The quantitative estimate of drug-likeness (QED) is 0.451. The van der Waals surface area contributed by atoms with Crippen molar-refractivity contribution >= 4 is 28.3 Å². The second kappa shape index (κ2) is 2.96. The molecule has 0 spiro atoms. The van der Waals surface area contributed by atoms with E-state index < -0.39 is 10.0 Å². The molecule has 12 heavy (non-hydrogen) atoms. The predicted molar refractivity (Wildman–Crippen MR) is 49.5 cm³/mol. The van der Waals surface area contributed by atoms with Crippen LogP contribution in [0, 0.1) is 0 Å². The van der Waals surface area contributed by atoms with Crippen molar-refractivity contribution in [2.75, 3.05) is 5.73 Å². The minimum atomic E-state index is -3.68. The Kier molecular flexibility index (Phi) is 2.31. The van der Waals surface area contributed by atoms with E-state index in [2.05, 4.69) is 12.6 Å². The average molecular weight is 204 g/mol. The fourth-order valence-electron chi connectivity index (χ4n) is 0.775. The summed E-state index contributed by atoms with van der Waals surface area (Å²) in [6.45, 7) is 0. The summed E-state index contributed by atoms with van der Waals surface area (Å²) in [7, 11) is -3.68. The Morgan fingerprint density at radius 1 is 1.33 bits per heavy atom. The largest absolute Gasteiger partial charge is 0.399 e. The molecule has 1 aromatic carbocycles.